The van der Waals surface area contributed by atoms with Gasteiger partial charge in [0.25, 0.3) is 0 Å². The summed E-state index contributed by atoms with van der Waals surface area (Å²) in [4.78, 5) is 13.4. The van der Waals surface area contributed by atoms with E-state index in [-0.39, 0.29) is 5.92 Å². The van der Waals surface area contributed by atoms with E-state index in [1.54, 1.807) is 0 Å². The van der Waals surface area contributed by atoms with Crippen LogP contribution in [0.1, 0.15) is 42.7 Å². The molecule has 1 saturated carbocycles. The van der Waals surface area contributed by atoms with Crippen molar-refractivity contribution in [3.05, 3.63) is 65.7 Å². The molecule has 2 fully saturated rings. The van der Waals surface area contributed by atoms with Gasteiger partial charge < -0.3 is 10.0 Å². The third kappa shape index (κ3) is 3.92. The van der Waals surface area contributed by atoms with Crippen LogP contribution in [-0.2, 0) is 11.2 Å². The minimum absolute atomic E-state index is 0.0856. The second-order valence-corrected chi connectivity index (χ2v) is 7.84. The van der Waals surface area contributed by atoms with Crippen LogP contribution in [0, 0.1) is 11.8 Å². The lowest BCUT2D eigenvalue weighted by Crippen LogP contribution is -2.34. The van der Waals surface area contributed by atoms with Crippen LogP contribution < -0.4 is 4.90 Å². The molecular formula is C23H27NO2. The smallest absolute Gasteiger partial charge is 0.306 e. The molecule has 2 aliphatic rings. The molecule has 2 aromatic rings. The van der Waals surface area contributed by atoms with E-state index in [2.05, 4.69) is 59.5 Å². The molecule has 0 amide bonds. The normalized spacial score (nSPS) is 25.1. The van der Waals surface area contributed by atoms with Gasteiger partial charge in [-0.1, -0.05) is 42.5 Å². The first-order valence-electron chi connectivity index (χ1n) is 9.82. The average molecular weight is 349 g/mol. The van der Waals surface area contributed by atoms with Crippen molar-refractivity contribution >= 4 is 11.7 Å². The number of hydrogen-bond acceptors (Lipinski definition) is 2. The van der Waals surface area contributed by atoms with E-state index in [4.69, 9.17) is 5.11 Å². The van der Waals surface area contributed by atoms with Crippen LogP contribution >= 0.6 is 0 Å². The molecule has 0 aromatic heterocycles. The highest BCUT2D eigenvalue weighted by atomic mass is 16.4. The van der Waals surface area contributed by atoms with Crippen LogP contribution in [0.3, 0.4) is 0 Å². The lowest BCUT2D eigenvalue weighted by molar-refractivity contribution is -0.138. The quantitative estimate of drug-likeness (QED) is 0.820. The Hall–Kier alpha value is -2.29. The lowest BCUT2D eigenvalue weighted by Gasteiger charge is -2.34. The molecule has 2 aromatic carbocycles. The second kappa shape index (κ2) is 7.53. The largest absolute Gasteiger partial charge is 0.481 e. The van der Waals surface area contributed by atoms with E-state index in [9.17, 15) is 4.79 Å². The number of carbonyl (C=O) groups is 1. The molecule has 1 aliphatic heterocycles. The van der Waals surface area contributed by atoms with Crippen LogP contribution in [0.2, 0.25) is 0 Å². The van der Waals surface area contributed by atoms with Crippen LogP contribution in [0.4, 0.5) is 5.69 Å². The van der Waals surface area contributed by atoms with Crippen molar-refractivity contribution in [1.29, 1.82) is 0 Å². The highest BCUT2D eigenvalue weighted by molar-refractivity contribution is 5.73. The van der Waals surface area contributed by atoms with Gasteiger partial charge >= 0.3 is 5.97 Å². The van der Waals surface area contributed by atoms with Gasteiger partial charge in [0.15, 0.2) is 0 Å². The first kappa shape index (κ1) is 17.1. The lowest BCUT2D eigenvalue weighted by atomic mass is 9.90. The minimum Gasteiger partial charge on any atom is -0.481 e. The molecule has 136 valence electrons. The van der Waals surface area contributed by atoms with E-state index in [1.807, 2.05) is 0 Å². The molecule has 1 heterocycles. The van der Waals surface area contributed by atoms with E-state index < -0.39 is 5.97 Å². The molecule has 4 rings (SSSR count). The van der Waals surface area contributed by atoms with Gasteiger partial charge in [-0.3, -0.25) is 4.79 Å². The number of anilines is 1. The predicted molar refractivity (Wildman–Crippen MR) is 105 cm³/mol. The predicted octanol–water partition coefficient (Wildman–Crippen LogP) is 4.72. The van der Waals surface area contributed by atoms with Crippen molar-refractivity contribution in [1.82, 2.24) is 0 Å². The van der Waals surface area contributed by atoms with Crippen molar-refractivity contribution in [2.24, 2.45) is 11.8 Å². The Morgan fingerprint density at radius 2 is 1.85 bits per heavy atom. The minimum atomic E-state index is -0.622. The molecule has 1 aliphatic carbocycles. The summed E-state index contributed by atoms with van der Waals surface area (Å²) in [6.45, 7) is 2.22. The Labute approximate surface area is 155 Å². The van der Waals surface area contributed by atoms with Gasteiger partial charge in [0, 0.05) is 24.7 Å². The number of nitrogens with zero attached hydrogens (tertiary/aromatic N) is 1. The second-order valence-electron chi connectivity index (χ2n) is 7.84. The fourth-order valence-electron chi connectivity index (χ4n) is 4.30. The van der Waals surface area contributed by atoms with Crippen molar-refractivity contribution in [3.8, 4) is 0 Å². The summed E-state index contributed by atoms with van der Waals surface area (Å²) >= 11 is 0. The monoisotopic (exact) mass is 349 g/mol. The Bertz CT molecular complexity index is 741. The van der Waals surface area contributed by atoms with Crippen LogP contribution in [-0.4, -0.2) is 24.2 Å². The fraction of sp³-hybridized carbons (Fsp3) is 0.435. The Morgan fingerprint density at radius 1 is 1.08 bits per heavy atom. The summed E-state index contributed by atoms with van der Waals surface area (Å²) in [6, 6.07) is 19.8. The van der Waals surface area contributed by atoms with E-state index >= 15 is 0 Å². The molecule has 1 N–H and O–H groups in total. The van der Waals surface area contributed by atoms with Crippen molar-refractivity contribution in [2.45, 2.75) is 38.0 Å². The van der Waals surface area contributed by atoms with Crippen molar-refractivity contribution in [2.75, 3.05) is 18.0 Å². The molecule has 1 saturated heterocycles. The number of aryl methyl sites for hydroxylation is 1. The third-order valence-electron chi connectivity index (χ3n) is 6.04. The summed E-state index contributed by atoms with van der Waals surface area (Å²) in [7, 11) is 0. The molecule has 0 radical (unpaired) electrons. The van der Waals surface area contributed by atoms with Crippen LogP contribution in [0.15, 0.2) is 54.6 Å². The molecule has 0 spiro atoms. The highest BCUT2D eigenvalue weighted by Gasteiger charge is 2.42. The number of rotatable bonds is 6. The zero-order chi connectivity index (χ0) is 17.9. The first-order valence-corrected chi connectivity index (χ1v) is 9.82. The van der Waals surface area contributed by atoms with Gasteiger partial charge in [0.2, 0.25) is 0 Å². The first-order chi connectivity index (χ1) is 12.7. The van der Waals surface area contributed by atoms with Gasteiger partial charge in [0.1, 0.15) is 0 Å². The summed E-state index contributed by atoms with van der Waals surface area (Å²) in [5.41, 5.74) is 4.08. The third-order valence-corrected chi connectivity index (χ3v) is 6.04. The summed E-state index contributed by atoms with van der Waals surface area (Å²) in [5, 5.41) is 9.00. The van der Waals surface area contributed by atoms with Gasteiger partial charge in [-0.05, 0) is 61.3 Å². The molecular weight excluding hydrogens is 322 g/mol. The number of aliphatic carboxylic acids is 1. The van der Waals surface area contributed by atoms with E-state index in [0.29, 0.717) is 11.8 Å². The molecule has 3 heteroatoms. The van der Waals surface area contributed by atoms with Crippen LogP contribution in [0.25, 0.3) is 0 Å². The summed E-state index contributed by atoms with van der Waals surface area (Å²) in [5.74, 6) is 0.300. The topological polar surface area (TPSA) is 40.5 Å². The fourth-order valence-corrected chi connectivity index (χ4v) is 4.30. The zero-order valence-electron chi connectivity index (χ0n) is 15.2. The summed E-state index contributed by atoms with van der Waals surface area (Å²) in [6.07, 6.45) is 5.35. The highest BCUT2D eigenvalue weighted by Crippen LogP contribution is 2.42. The van der Waals surface area contributed by atoms with Crippen molar-refractivity contribution in [3.63, 3.8) is 0 Å². The van der Waals surface area contributed by atoms with Crippen LogP contribution in [0.5, 0.6) is 0 Å². The summed E-state index contributed by atoms with van der Waals surface area (Å²) < 4.78 is 0. The maximum Gasteiger partial charge on any atom is 0.306 e. The van der Waals surface area contributed by atoms with Gasteiger partial charge in [-0.15, -0.1) is 0 Å². The Kier molecular flexibility index (Phi) is 4.96. The van der Waals surface area contributed by atoms with Gasteiger partial charge in [0.05, 0.1) is 5.92 Å². The molecule has 3 nitrogen and oxygen atoms in total. The van der Waals surface area contributed by atoms with E-state index in [1.165, 1.54) is 29.7 Å². The number of hydrogen-bond donors (Lipinski definition) is 1. The molecule has 0 bridgehead atoms. The Balaban J connectivity index is 1.34. The number of carboxylic acids is 1. The van der Waals surface area contributed by atoms with E-state index in [0.717, 1.165) is 32.4 Å². The number of carboxylic acid groups (broad SMARTS) is 1. The number of piperidine rings is 1. The van der Waals surface area contributed by atoms with Gasteiger partial charge in [-0.2, -0.15) is 0 Å². The SMILES string of the molecule is O=C(O)C1CC1CCc1ccc(N2CCCC(c3ccccc3)C2)cc1. The average Bonchev–Trinajstić information content (AvgIpc) is 3.48. The Morgan fingerprint density at radius 3 is 2.54 bits per heavy atom. The standard InChI is InChI=1S/C23H27NO2/c25-23(26)22-15-19(22)11-8-17-9-12-21(13-10-17)24-14-4-7-20(16-24)18-5-2-1-3-6-18/h1-3,5-6,9-10,12-13,19-20,22H,4,7-8,11,14-16H2,(H,25,26). The van der Waals surface area contributed by atoms with Crippen molar-refractivity contribution < 1.29 is 9.90 Å². The van der Waals surface area contributed by atoms with Gasteiger partial charge in [-0.25, -0.2) is 0 Å². The maximum absolute atomic E-state index is 10.9. The molecule has 3 unspecified atom stereocenters. The molecule has 26 heavy (non-hydrogen) atoms. The molecule has 3 atom stereocenters. The zero-order valence-corrected chi connectivity index (χ0v) is 15.2. The maximum atomic E-state index is 10.9. The number of benzene rings is 2.